The molecule has 0 saturated carbocycles. The Morgan fingerprint density at radius 2 is 1.52 bits per heavy atom. The zero-order chi connectivity index (χ0) is 24.4. The van der Waals surface area contributed by atoms with Crippen molar-refractivity contribution >= 4 is 34.6 Å². The van der Waals surface area contributed by atoms with Crippen molar-refractivity contribution in [1.29, 1.82) is 0 Å². The molecule has 1 aromatic rings. The van der Waals surface area contributed by atoms with Crippen LogP contribution in [0.2, 0.25) is 17.7 Å². The molecule has 0 atom stereocenters. The molecule has 5 nitrogen and oxygen atoms in total. The number of benzene rings is 1. The molecule has 0 radical (unpaired) electrons. The number of aryl methyl sites for hydroxylation is 1. The summed E-state index contributed by atoms with van der Waals surface area (Å²) >= 11 is -2.10. The maximum absolute atomic E-state index is 12.2. The Bertz CT molecular complexity index is 770. The van der Waals surface area contributed by atoms with Gasteiger partial charge in [0.2, 0.25) is 0 Å². The van der Waals surface area contributed by atoms with E-state index in [1.54, 1.807) is 30.5 Å². The van der Waals surface area contributed by atoms with Gasteiger partial charge in [0.1, 0.15) is 0 Å². The molecule has 0 aliphatic heterocycles. The summed E-state index contributed by atoms with van der Waals surface area (Å²) in [6.07, 6.45) is 15.4. The van der Waals surface area contributed by atoms with Crippen molar-refractivity contribution in [2.24, 2.45) is 5.10 Å². The van der Waals surface area contributed by atoms with Crippen LogP contribution >= 0.6 is 0 Å². The first kappa shape index (κ1) is 30.0. The normalized spacial score (nSPS) is 12.6. The monoisotopic (exact) mass is 586 g/mol. The summed E-state index contributed by atoms with van der Waals surface area (Å²) in [6, 6.07) is 6.71. The van der Waals surface area contributed by atoms with Crippen LogP contribution in [0.5, 0.6) is 0 Å². The molecule has 1 aromatic carbocycles. The van der Waals surface area contributed by atoms with Crippen molar-refractivity contribution in [3.05, 3.63) is 42.2 Å². The molecule has 0 aliphatic rings. The fourth-order valence-corrected chi connectivity index (χ4v) is 19.8. The molecule has 188 valence electrons. The topological polar surface area (TPSA) is 67.8 Å². The van der Waals surface area contributed by atoms with Crippen LogP contribution < -0.4 is 4.83 Å². The van der Waals surface area contributed by atoms with E-state index in [4.69, 9.17) is 4.74 Å². The van der Waals surface area contributed by atoms with E-state index >= 15 is 0 Å². The number of allylic oxidation sites excluding steroid dienone is 1. The van der Waals surface area contributed by atoms with E-state index in [9.17, 15) is 8.42 Å². The molecule has 0 bridgehead atoms. The second-order valence-corrected chi connectivity index (χ2v) is 24.8. The van der Waals surface area contributed by atoms with Gasteiger partial charge < -0.3 is 0 Å². The molecular weight excluding hydrogens is 539 g/mol. The number of ether oxygens (including phenoxy) is 1. The molecular formula is C26H46N2O3SSn. The number of hydrogen-bond acceptors (Lipinski definition) is 4. The molecule has 0 amide bonds. The zero-order valence-electron chi connectivity index (χ0n) is 21.3. The van der Waals surface area contributed by atoms with Gasteiger partial charge in [-0.15, -0.1) is 0 Å². The molecule has 1 N–H and O–H groups in total. The Kier molecular flexibility index (Phi) is 15.8. The van der Waals surface area contributed by atoms with Gasteiger partial charge in [0.15, 0.2) is 0 Å². The molecule has 0 aromatic heterocycles. The third-order valence-corrected chi connectivity index (χ3v) is 22.6. The number of hydrazone groups is 1. The summed E-state index contributed by atoms with van der Waals surface area (Å²) in [7, 11) is -3.60. The van der Waals surface area contributed by atoms with Crippen LogP contribution in [0.15, 0.2) is 46.6 Å². The predicted molar refractivity (Wildman–Crippen MR) is 144 cm³/mol. The first-order chi connectivity index (χ1) is 15.9. The van der Waals surface area contributed by atoms with Crippen LogP contribution in [-0.2, 0) is 14.8 Å². The minimum atomic E-state index is -3.60. The second kappa shape index (κ2) is 17.4. The summed E-state index contributed by atoms with van der Waals surface area (Å²) in [4.78, 5) is 2.49. The third kappa shape index (κ3) is 12.9. The van der Waals surface area contributed by atoms with Crippen LogP contribution in [-0.4, -0.2) is 39.6 Å². The fraction of sp³-hybridized carbons (Fsp3) is 0.654. The van der Waals surface area contributed by atoms with E-state index in [0.717, 1.165) is 12.0 Å². The number of nitrogens with zero attached hydrogens (tertiary/aromatic N) is 1. The summed E-state index contributed by atoms with van der Waals surface area (Å²) in [5.74, 6) is 0. The zero-order valence-corrected chi connectivity index (χ0v) is 25.0. The van der Waals surface area contributed by atoms with Crippen LogP contribution in [0.25, 0.3) is 0 Å². The van der Waals surface area contributed by atoms with Crippen molar-refractivity contribution in [3.63, 3.8) is 0 Å². The first-order valence-corrected chi connectivity index (χ1v) is 22.3. The maximum atomic E-state index is 12.2. The Labute approximate surface area is 207 Å². The van der Waals surface area contributed by atoms with Crippen molar-refractivity contribution in [2.75, 3.05) is 6.61 Å². The molecule has 0 aliphatic carbocycles. The first-order valence-electron chi connectivity index (χ1n) is 12.8. The second-order valence-electron chi connectivity index (χ2n) is 9.12. The van der Waals surface area contributed by atoms with Gasteiger partial charge in [-0.05, 0) is 19.1 Å². The number of nitrogens with one attached hydrogen (secondary N) is 1. The molecule has 0 unspecified atom stereocenters. The average Bonchev–Trinajstić information content (AvgIpc) is 2.81. The SMILES string of the molecule is CCC[CH2][Sn]([CH2]/C=C\OCCC/C=N/NS(=O)(=O)c1ccc(C)cc1)([CH2]CCC)[CH2]CCC. The van der Waals surface area contributed by atoms with Crippen LogP contribution in [0.1, 0.15) is 77.7 Å². The predicted octanol–water partition coefficient (Wildman–Crippen LogP) is 7.42. The van der Waals surface area contributed by atoms with E-state index in [-0.39, 0.29) is 4.90 Å². The van der Waals surface area contributed by atoms with Crippen molar-refractivity contribution < 1.29 is 13.2 Å². The third-order valence-electron chi connectivity index (χ3n) is 6.12. The van der Waals surface area contributed by atoms with Crippen LogP contribution in [0.3, 0.4) is 0 Å². The molecule has 0 saturated heterocycles. The van der Waals surface area contributed by atoms with Gasteiger partial charge in [-0.1, -0.05) is 17.7 Å². The summed E-state index contributed by atoms with van der Waals surface area (Å²) in [5.41, 5.74) is 1.02. The molecule has 1 rings (SSSR count). The number of sulfonamides is 1. The Morgan fingerprint density at radius 3 is 2.06 bits per heavy atom. The summed E-state index contributed by atoms with van der Waals surface area (Å²) < 4.78 is 35.9. The number of unbranched alkanes of at least 4 members (excludes halogenated alkanes) is 4. The minimum absolute atomic E-state index is 0.219. The van der Waals surface area contributed by atoms with E-state index in [1.165, 1.54) is 56.3 Å². The van der Waals surface area contributed by atoms with Crippen molar-refractivity contribution in [1.82, 2.24) is 4.83 Å². The van der Waals surface area contributed by atoms with E-state index in [2.05, 4.69) is 36.8 Å². The summed E-state index contributed by atoms with van der Waals surface area (Å²) in [5, 5.41) is 3.87. The quantitative estimate of drug-likeness (QED) is 0.0604. The van der Waals surface area contributed by atoms with Gasteiger partial charge in [-0.2, -0.15) is 0 Å². The molecule has 0 heterocycles. The fourth-order valence-electron chi connectivity index (χ4n) is 3.97. The summed E-state index contributed by atoms with van der Waals surface area (Å²) in [6.45, 7) is 9.47. The van der Waals surface area contributed by atoms with E-state index < -0.39 is 28.4 Å². The Morgan fingerprint density at radius 1 is 0.939 bits per heavy atom. The van der Waals surface area contributed by atoms with E-state index in [0.29, 0.717) is 13.0 Å². The van der Waals surface area contributed by atoms with Crippen LogP contribution in [0.4, 0.5) is 0 Å². The molecule has 33 heavy (non-hydrogen) atoms. The number of hydrogen-bond donors (Lipinski definition) is 1. The van der Waals surface area contributed by atoms with Gasteiger partial charge in [-0.3, -0.25) is 0 Å². The van der Waals surface area contributed by atoms with E-state index in [1.807, 2.05) is 13.2 Å². The van der Waals surface area contributed by atoms with Gasteiger partial charge in [0, 0.05) is 0 Å². The number of rotatable bonds is 19. The van der Waals surface area contributed by atoms with Crippen molar-refractivity contribution in [2.45, 2.75) is 102 Å². The van der Waals surface area contributed by atoms with Gasteiger partial charge in [-0.25, -0.2) is 0 Å². The Hall–Kier alpha value is -1.02. The van der Waals surface area contributed by atoms with Crippen LogP contribution in [0, 0.1) is 6.92 Å². The Balaban J connectivity index is 2.37. The van der Waals surface area contributed by atoms with Gasteiger partial charge >= 0.3 is 171 Å². The standard InChI is InChI=1S/C14H19N2O3S.3C4H9.Sn/c1-3-11-19-12-5-4-10-15-16-20(17,18)14-8-6-13(2)7-9-14;3*1-3-4-2;/h3,6-11,16H,1,4-5,12H2,2H3;3*1,3-4H2,2H3;/b11-3-,15-10+;;;;. The molecule has 0 fully saturated rings. The average molecular weight is 585 g/mol. The van der Waals surface area contributed by atoms with Gasteiger partial charge in [0.25, 0.3) is 0 Å². The molecule has 7 heteroatoms. The molecule has 0 spiro atoms. The van der Waals surface area contributed by atoms with Gasteiger partial charge in [0.05, 0.1) is 0 Å². The van der Waals surface area contributed by atoms with Crippen molar-refractivity contribution in [3.8, 4) is 0 Å².